The molecular weight excluding hydrogens is 261 g/mol. The molecule has 6 heteroatoms. The summed E-state index contributed by atoms with van der Waals surface area (Å²) in [4.78, 5) is 24.2. The van der Waals surface area contributed by atoms with E-state index in [1.165, 1.54) is 29.8 Å². The summed E-state index contributed by atoms with van der Waals surface area (Å²) in [5, 5.41) is 0. The number of nitrogen functional groups attached to an aromatic ring is 1. The van der Waals surface area contributed by atoms with Crippen molar-refractivity contribution in [1.29, 1.82) is 0 Å². The summed E-state index contributed by atoms with van der Waals surface area (Å²) in [6.45, 7) is 4.82. The van der Waals surface area contributed by atoms with Gasteiger partial charge in [0, 0.05) is 18.5 Å². The molecule has 0 unspecified atom stereocenters. The molecule has 20 heavy (non-hydrogen) atoms. The summed E-state index contributed by atoms with van der Waals surface area (Å²) >= 11 is 0. The van der Waals surface area contributed by atoms with Crippen molar-refractivity contribution in [2.24, 2.45) is 0 Å². The normalized spacial score (nSPS) is 11.1. The molecule has 0 aliphatic heterocycles. The average molecular weight is 277 g/mol. The quantitative estimate of drug-likeness (QED) is 0.915. The van der Waals surface area contributed by atoms with Gasteiger partial charge >= 0.3 is 0 Å². The molecule has 106 valence electrons. The number of hydrogen-bond donors (Lipinski definition) is 1. The van der Waals surface area contributed by atoms with Gasteiger partial charge in [-0.1, -0.05) is 18.2 Å². The maximum Gasteiger partial charge on any atom is 0.277 e. The van der Waals surface area contributed by atoms with Crippen molar-refractivity contribution in [2.75, 3.05) is 5.73 Å². The van der Waals surface area contributed by atoms with E-state index in [0.29, 0.717) is 0 Å². The van der Waals surface area contributed by atoms with Crippen molar-refractivity contribution in [3.63, 3.8) is 0 Å². The smallest absolute Gasteiger partial charge is 0.277 e. The number of benzene rings is 1. The van der Waals surface area contributed by atoms with Gasteiger partial charge in [-0.2, -0.15) is 0 Å². The number of nitrogens with two attached hydrogens (primary N) is 1. The zero-order valence-electron chi connectivity index (χ0n) is 11.6. The summed E-state index contributed by atoms with van der Waals surface area (Å²) in [6.07, 6.45) is 0. The van der Waals surface area contributed by atoms with Gasteiger partial charge in [-0.15, -0.1) is 0 Å². The fourth-order valence-electron chi connectivity index (χ4n) is 2.24. The Labute approximate surface area is 115 Å². The molecule has 2 N–H and O–H groups in total. The molecule has 0 fully saturated rings. The highest BCUT2D eigenvalue weighted by molar-refractivity contribution is 5.85. The third-order valence-corrected chi connectivity index (χ3v) is 3.05. The van der Waals surface area contributed by atoms with E-state index in [1.807, 2.05) is 0 Å². The van der Waals surface area contributed by atoms with Gasteiger partial charge in [0.25, 0.3) is 5.56 Å². The SMILES string of the molecule is CC(=O)n1c(N)c(-c2ccccc2F)c(=O)n1C(C)C. The molecule has 2 rings (SSSR count). The minimum Gasteiger partial charge on any atom is -0.383 e. The molecule has 1 aromatic carbocycles. The molecular formula is C14H16FN3O2. The number of nitrogens with zero attached hydrogens (tertiary/aromatic N) is 2. The van der Waals surface area contributed by atoms with Crippen LogP contribution in [0, 0.1) is 5.82 Å². The van der Waals surface area contributed by atoms with Crippen molar-refractivity contribution in [3.05, 3.63) is 40.4 Å². The van der Waals surface area contributed by atoms with Crippen LogP contribution >= 0.6 is 0 Å². The van der Waals surface area contributed by atoms with E-state index in [1.54, 1.807) is 19.9 Å². The van der Waals surface area contributed by atoms with Gasteiger partial charge in [0.15, 0.2) is 0 Å². The second-order valence-electron chi connectivity index (χ2n) is 4.81. The van der Waals surface area contributed by atoms with Crippen LogP contribution in [0.25, 0.3) is 11.1 Å². The molecule has 0 aliphatic carbocycles. The van der Waals surface area contributed by atoms with Gasteiger partial charge in [0.1, 0.15) is 11.6 Å². The maximum atomic E-state index is 13.9. The summed E-state index contributed by atoms with van der Waals surface area (Å²) < 4.78 is 16.2. The Morgan fingerprint density at radius 3 is 2.35 bits per heavy atom. The topological polar surface area (TPSA) is 70.0 Å². The van der Waals surface area contributed by atoms with Gasteiger partial charge < -0.3 is 5.73 Å². The lowest BCUT2D eigenvalue weighted by Gasteiger charge is -2.12. The summed E-state index contributed by atoms with van der Waals surface area (Å²) in [6, 6.07) is 5.59. The van der Waals surface area contributed by atoms with Crippen molar-refractivity contribution in [2.45, 2.75) is 26.8 Å². The number of rotatable bonds is 2. The van der Waals surface area contributed by atoms with Crippen molar-refractivity contribution >= 4 is 11.7 Å². The maximum absolute atomic E-state index is 13.9. The van der Waals surface area contributed by atoms with Crippen LogP contribution in [0.5, 0.6) is 0 Å². The number of carbonyl (C=O) groups is 1. The van der Waals surface area contributed by atoms with Gasteiger partial charge in [-0.3, -0.25) is 9.59 Å². The second-order valence-corrected chi connectivity index (χ2v) is 4.81. The van der Waals surface area contributed by atoms with E-state index in [2.05, 4.69) is 0 Å². The first-order valence-corrected chi connectivity index (χ1v) is 6.25. The fraction of sp³-hybridized carbons (Fsp3) is 0.286. The molecule has 0 bridgehead atoms. The molecule has 0 saturated carbocycles. The van der Waals surface area contributed by atoms with Crippen molar-refractivity contribution in [1.82, 2.24) is 9.36 Å². The Kier molecular flexibility index (Phi) is 3.48. The van der Waals surface area contributed by atoms with Crippen LogP contribution in [0.1, 0.15) is 31.6 Å². The van der Waals surface area contributed by atoms with Crippen molar-refractivity contribution < 1.29 is 9.18 Å². The summed E-state index contributed by atoms with van der Waals surface area (Å²) in [5.74, 6) is -0.981. The van der Waals surface area contributed by atoms with Crippen LogP contribution in [-0.4, -0.2) is 15.3 Å². The molecule has 0 amide bonds. The third-order valence-electron chi connectivity index (χ3n) is 3.05. The lowest BCUT2D eigenvalue weighted by atomic mass is 10.1. The molecule has 2 aromatic rings. The van der Waals surface area contributed by atoms with Gasteiger partial charge in [0.05, 0.1) is 5.56 Å². The number of halogens is 1. The molecule has 0 radical (unpaired) electrons. The van der Waals surface area contributed by atoms with Gasteiger partial charge in [0.2, 0.25) is 5.91 Å². The van der Waals surface area contributed by atoms with Crippen LogP contribution in [0.15, 0.2) is 29.1 Å². The number of anilines is 1. The Hall–Kier alpha value is -2.37. The van der Waals surface area contributed by atoms with Gasteiger partial charge in [-0.05, 0) is 19.9 Å². The minimum atomic E-state index is -0.548. The highest BCUT2D eigenvalue weighted by Crippen LogP contribution is 2.26. The Morgan fingerprint density at radius 2 is 1.90 bits per heavy atom. The molecule has 1 aromatic heterocycles. The molecule has 0 atom stereocenters. The monoisotopic (exact) mass is 277 g/mol. The Bertz CT molecular complexity index is 729. The third kappa shape index (κ3) is 2.03. The second kappa shape index (κ2) is 4.96. The fourth-order valence-corrected chi connectivity index (χ4v) is 2.24. The average Bonchev–Trinajstić information content (AvgIpc) is 2.62. The summed E-state index contributed by atoms with van der Waals surface area (Å²) in [5.41, 5.74) is 5.55. The van der Waals surface area contributed by atoms with Crippen LogP contribution < -0.4 is 11.3 Å². The first-order chi connectivity index (χ1) is 9.36. The lowest BCUT2D eigenvalue weighted by Crippen LogP contribution is -2.28. The first-order valence-electron chi connectivity index (χ1n) is 6.25. The first kappa shape index (κ1) is 14.0. The van der Waals surface area contributed by atoms with E-state index >= 15 is 0 Å². The van der Waals surface area contributed by atoms with Crippen molar-refractivity contribution in [3.8, 4) is 11.1 Å². The van der Waals surface area contributed by atoms with E-state index < -0.39 is 17.3 Å². The Balaban J connectivity index is 2.87. The predicted octanol–water partition coefficient (Wildman–Crippen LogP) is 2.28. The van der Waals surface area contributed by atoms with E-state index in [-0.39, 0.29) is 23.0 Å². The zero-order chi connectivity index (χ0) is 15.0. The van der Waals surface area contributed by atoms with Crippen LogP contribution in [0.3, 0.4) is 0 Å². The molecule has 0 spiro atoms. The van der Waals surface area contributed by atoms with Crippen LogP contribution in [0.2, 0.25) is 0 Å². The van der Waals surface area contributed by atoms with Crippen LogP contribution in [-0.2, 0) is 0 Å². The molecule has 0 saturated heterocycles. The number of aromatic nitrogens is 2. The summed E-state index contributed by atoms with van der Waals surface area (Å²) in [7, 11) is 0. The molecule has 5 nitrogen and oxygen atoms in total. The van der Waals surface area contributed by atoms with E-state index in [0.717, 1.165) is 4.68 Å². The molecule has 1 heterocycles. The van der Waals surface area contributed by atoms with Gasteiger partial charge in [-0.25, -0.2) is 13.8 Å². The highest BCUT2D eigenvalue weighted by atomic mass is 19.1. The lowest BCUT2D eigenvalue weighted by molar-refractivity contribution is 0.0899. The van der Waals surface area contributed by atoms with E-state index in [4.69, 9.17) is 5.73 Å². The minimum absolute atomic E-state index is 0.0204. The number of hydrogen-bond acceptors (Lipinski definition) is 3. The van der Waals surface area contributed by atoms with E-state index in [9.17, 15) is 14.0 Å². The van der Waals surface area contributed by atoms with Crippen LogP contribution in [0.4, 0.5) is 10.2 Å². The Morgan fingerprint density at radius 1 is 1.30 bits per heavy atom. The largest absolute Gasteiger partial charge is 0.383 e. The zero-order valence-corrected chi connectivity index (χ0v) is 11.6. The highest BCUT2D eigenvalue weighted by Gasteiger charge is 2.24. The number of carbonyl (C=O) groups excluding carboxylic acids is 1. The predicted molar refractivity (Wildman–Crippen MR) is 75.2 cm³/mol. The standard InChI is InChI=1S/C14H16FN3O2/c1-8(2)17-14(20)12(13(16)18(17)9(3)19)10-6-4-5-7-11(10)15/h4-8H,16H2,1-3H3. The molecule has 0 aliphatic rings.